The minimum atomic E-state index is 0.101. The molecule has 1 heterocycles. The zero-order valence-corrected chi connectivity index (χ0v) is 12.0. The molecule has 0 amide bonds. The third-order valence-electron chi connectivity index (χ3n) is 4.02. The van der Waals surface area contributed by atoms with E-state index in [2.05, 4.69) is 4.90 Å². The maximum absolute atomic E-state index is 9.63. The molecule has 2 unspecified atom stereocenters. The SMILES string of the molecule is NCC(c1ccccc1Cl)N1CCCCCC1CO. The first kappa shape index (κ1) is 14.8. The van der Waals surface area contributed by atoms with E-state index >= 15 is 0 Å². The molecule has 1 aromatic carbocycles. The Morgan fingerprint density at radius 3 is 2.79 bits per heavy atom. The number of aliphatic hydroxyl groups is 1. The molecule has 2 rings (SSSR count). The van der Waals surface area contributed by atoms with Gasteiger partial charge in [-0.05, 0) is 31.0 Å². The van der Waals surface area contributed by atoms with E-state index in [-0.39, 0.29) is 18.7 Å². The second-order valence-corrected chi connectivity index (χ2v) is 5.60. The highest BCUT2D eigenvalue weighted by Gasteiger charge is 2.28. The number of hydrogen-bond donors (Lipinski definition) is 2. The maximum Gasteiger partial charge on any atom is 0.0587 e. The molecular weight excluding hydrogens is 260 g/mol. The van der Waals surface area contributed by atoms with E-state index < -0.39 is 0 Å². The number of halogens is 1. The Hall–Kier alpha value is -0.610. The third-order valence-corrected chi connectivity index (χ3v) is 4.37. The molecule has 1 aliphatic heterocycles. The molecule has 0 bridgehead atoms. The van der Waals surface area contributed by atoms with E-state index in [1.807, 2.05) is 24.3 Å². The molecule has 3 N–H and O–H groups in total. The lowest BCUT2D eigenvalue weighted by molar-refractivity contribution is 0.0871. The highest BCUT2D eigenvalue weighted by molar-refractivity contribution is 6.31. The van der Waals surface area contributed by atoms with Crippen molar-refractivity contribution < 1.29 is 5.11 Å². The van der Waals surface area contributed by atoms with Crippen LogP contribution in [0.3, 0.4) is 0 Å². The summed E-state index contributed by atoms with van der Waals surface area (Å²) in [6.07, 6.45) is 4.61. The van der Waals surface area contributed by atoms with Crippen molar-refractivity contribution in [2.45, 2.75) is 37.8 Å². The number of benzene rings is 1. The summed E-state index contributed by atoms with van der Waals surface area (Å²) in [7, 11) is 0. The van der Waals surface area contributed by atoms with Crippen LogP contribution in [0.5, 0.6) is 0 Å². The molecule has 2 atom stereocenters. The molecule has 0 spiro atoms. The van der Waals surface area contributed by atoms with Crippen molar-refractivity contribution in [2.75, 3.05) is 19.7 Å². The highest BCUT2D eigenvalue weighted by atomic mass is 35.5. The Kier molecular flexibility index (Phi) is 5.64. The summed E-state index contributed by atoms with van der Waals surface area (Å²) >= 11 is 6.30. The number of rotatable bonds is 4. The molecule has 1 aliphatic rings. The summed E-state index contributed by atoms with van der Waals surface area (Å²) in [4.78, 5) is 2.34. The van der Waals surface area contributed by atoms with Gasteiger partial charge in [-0.25, -0.2) is 0 Å². The Morgan fingerprint density at radius 2 is 2.11 bits per heavy atom. The second-order valence-electron chi connectivity index (χ2n) is 5.20. The van der Waals surface area contributed by atoms with Crippen LogP contribution in [-0.4, -0.2) is 35.7 Å². The average Bonchev–Trinajstić information content (AvgIpc) is 2.67. The van der Waals surface area contributed by atoms with E-state index in [4.69, 9.17) is 17.3 Å². The summed E-state index contributed by atoms with van der Waals surface area (Å²) < 4.78 is 0. The molecule has 0 radical (unpaired) electrons. The molecule has 1 fully saturated rings. The van der Waals surface area contributed by atoms with Gasteiger partial charge >= 0.3 is 0 Å². The van der Waals surface area contributed by atoms with Crippen LogP contribution in [0.2, 0.25) is 5.02 Å². The average molecular weight is 283 g/mol. The van der Waals surface area contributed by atoms with Crippen molar-refractivity contribution in [1.29, 1.82) is 0 Å². The molecule has 0 aliphatic carbocycles. The van der Waals surface area contributed by atoms with Gasteiger partial charge in [0, 0.05) is 23.7 Å². The molecule has 4 heteroatoms. The summed E-state index contributed by atoms with van der Waals surface area (Å²) in [6.45, 7) is 1.71. The van der Waals surface area contributed by atoms with E-state index in [9.17, 15) is 5.11 Å². The standard InChI is InChI=1S/C15H23ClN2O/c16-14-8-4-3-7-13(14)15(10-17)18-9-5-1-2-6-12(18)11-19/h3-4,7-8,12,15,19H,1-2,5-6,9-11,17H2. The Morgan fingerprint density at radius 1 is 1.32 bits per heavy atom. The first-order valence-electron chi connectivity index (χ1n) is 7.09. The van der Waals surface area contributed by atoms with Crippen molar-refractivity contribution in [2.24, 2.45) is 5.73 Å². The lowest BCUT2D eigenvalue weighted by Gasteiger charge is -2.36. The van der Waals surface area contributed by atoms with E-state index in [0.717, 1.165) is 30.0 Å². The van der Waals surface area contributed by atoms with Crippen LogP contribution in [0.15, 0.2) is 24.3 Å². The summed E-state index contributed by atoms with van der Waals surface area (Å²) in [5.74, 6) is 0. The number of nitrogens with zero attached hydrogens (tertiary/aromatic N) is 1. The van der Waals surface area contributed by atoms with Crippen molar-refractivity contribution in [3.8, 4) is 0 Å². The number of nitrogens with two attached hydrogens (primary N) is 1. The van der Waals surface area contributed by atoms with Gasteiger partial charge in [0.1, 0.15) is 0 Å². The number of hydrogen-bond acceptors (Lipinski definition) is 3. The number of aliphatic hydroxyl groups excluding tert-OH is 1. The zero-order chi connectivity index (χ0) is 13.7. The summed E-state index contributed by atoms with van der Waals surface area (Å²) in [6, 6.07) is 8.18. The molecule has 19 heavy (non-hydrogen) atoms. The zero-order valence-electron chi connectivity index (χ0n) is 11.3. The van der Waals surface area contributed by atoms with Gasteiger partial charge in [0.15, 0.2) is 0 Å². The van der Waals surface area contributed by atoms with Crippen LogP contribution >= 0.6 is 11.6 Å². The maximum atomic E-state index is 9.63. The van der Waals surface area contributed by atoms with Gasteiger partial charge < -0.3 is 10.8 Å². The van der Waals surface area contributed by atoms with Crippen molar-refractivity contribution >= 4 is 11.6 Å². The first-order chi connectivity index (χ1) is 9.27. The van der Waals surface area contributed by atoms with Gasteiger partial charge in [0.05, 0.1) is 6.61 Å². The fourth-order valence-corrected chi connectivity index (χ4v) is 3.25. The first-order valence-corrected chi connectivity index (χ1v) is 7.46. The minimum absolute atomic E-state index is 0.101. The van der Waals surface area contributed by atoms with Gasteiger partial charge in [-0.15, -0.1) is 0 Å². The lowest BCUT2D eigenvalue weighted by atomic mass is 10.0. The molecule has 1 saturated heterocycles. The van der Waals surface area contributed by atoms with Crippen LogP contribution in [0.25, 0.3) is 0 Å². The quantitative estimate of drug-likeness (QED) is 0.892. The smallest absolute Gasteiger partial charge is 0.0587 e. The van der Waals surface area contributed by atoms with Crippen molar-refractivity contribution in [3.05, 3.63) is 34.9 Å². The highest BCUT2D eigenvalue weighted by Crippen LogP contribution is 2.31. The Bertz CT molecular complexity index is 399. The van der Waals surface area contributed by atoms with Crippen LogP contribution in [0.1, 0.15) is 37.3 Å². The fraction of sp³-hybridized carbons (Fsp3) is 0.600. The molecular formula is C15H23ClN2O. The van der Waals surface area contributed by atoms with Gasteiger partial charge in [0.25, 0.3) is 0 Å². The third kappa shape index (κ3) is 3.48. The minimum Gasteiger partial charge on any atom is -0.395 e. The normalized spacial score (nSPS) is 23.0. The Balaban J connectivity index is 2.26. The molecule has 0 saturated carbocycles. The van der Waals surface area contributed by atoms with E-state index in [0.29, 0.717) is 6.54 Å². The Labute approximate surface area is 120 Å². The van der Waals surface area contributed by atoms with E-state index in [1.54, 1.807) is 0 Å². The predicted octanol–water partition coefficient (Wildman–Crippen LogP) is 2.58. The van der Waals surface area contributed by atoms with Crippen LogP contribution in [0, 0.1) is 0 Å². The molecule has 0 aromatic heterocycles. The molecule has 106 valence electrons. The van der Waals surface area contributed by atoms with Crippen molar-refractivity contribution in [1.82, 2.24) is 4.90 Å². The van der Waals surface area contributed by atoms with Gasteiger partial charge in [-0.2, -0.15) is 0 Å². The van der Waals surface area contributed by atoms with Crippen LogP contribution in [0.4, 0.5) is 0 Å². The largest absolute Gasteiger partial charge is 0.395 e. The van der Waals surface area contributed by atoms with Gasteiger partial charge in [-0.1, -0.05) is 42.6 Å². The molecule has 1 aromatic rings. The van der Waals surface area contributed by atoms with Crippen LogP contribution < -0.4 is 5.73 Å². The topological polar surface area (TPSA) is 49.5 Å². The number of likely N-dealkylation sites (tertiary alicyclic amines) is 1. The van der Waals surface area contributed by atoms with Gasteiger partial charge in [-0.3, -0.25) is 4.90 Å². The van der Waals surface area contributed by atoms with Crippen molar-refractivity contribution in [3.63, 3.8) is 0 Å². The second kappa shape index (κ2) is 7.25. The van der Waals surface area contributed by atoms with Gasteiger partial charge in [0.2, 0.25) is 0 Å². The summed E-state index contributed by atoms with van der Waals surface area (Å²) in [5, 5.41) is 10.4. The monoisotopic (exact) mass is 282 g/mol. The summed E-state index contributed by atoms with van der Waals surface area (Å²) in [5.41, 5.74) is 7.07. The predicted molar refractivity (Wildman–Crippen MR) is 79.3 cm³/mol. The fourth-order valence-electron chi connectivity index (χ4n) is 2.99. The van der Waals surface area contributed by atoms with Crippen LogP contribution in [-0.2, 0) is 0 Å². The van der Waals surface area contributed by atoms with E-state index in [1.165, 1.54) is 12.8 Å². The molecule has 3 nitrogen and oxygen atoms in total. The lowest BCUT2D eigenvalue weighted by Crippen LogP contribution is -2.43.